The second-order valence-electron chi connectivity index (χ2n) is 31.3. The van der Waals surface area contributed by atoms with Crippen molar-refractivity contribution in [3.8, 4) is 34.5 Å². The van der Waals surface area contributed by atoms with E-state index in [9.17, 15) is 59.4 Å². The zero-order valence-electron chi connectivity index (χ0n) is 63.9. The van der Waals surface area contributed by atoms with Gasteiger partial charge in [-0.2, -0.15) is 0 Å². The number of phenolic OH excluding ortho intramolecular Hbond substituents is 3. The molecule has 18 nitrogen and oxygen atoms in total. The normalized spacial score (nSPS) is 23.2. The van der Waals surface area contributed by atoms with Crippen LogP contribution in [0.3, 0.4) is 0 Å². The number of hydrogen-bond donors (Lipinski definition) is 6. The lowest BCUT2D eigenvalue weighted by atomic mass is 9.66. The van der Waals surface area contributed by atoms with Crippen LogP contribution in [-0.2, 0) is 45.4 Å². The predicted molar refractivity (Wildman–Crippen MR) is 441 cm³/mol. The molecule has 3 spiro atoms. The van der Waals surface area contributed by atoms with Gasteiger partial charge in [0.1, 0.15) is 92.5 Å². The molecule has 9 atom stereocenters. The number of ketones is 3. The van der Waals surface area contributed by atoms with Crippen molar-refractivity contribution in [3.63, 3.8) is 0 Å². The van der Waals surface area contributed by atoms with Crippen molar-refractivity contribution < 1.29 is 87.8 Å². The first-order chi connectivity index (χ1) is 55.0. The average Bonchev–Trinajstić information content (AvgIpc) is 1.48. The van der Waals surface area contributed by atoms with Gasteiger partial charge in [-0.1, -0.05) is 202 Å². The van der Waals surface area contributed by atoms with E-state index in [0.717, 1.165) is 16.3 Å². The highest BCUT2D eigenvalue weighted by atomic mass is 35.5. The van der Waals surface area contributed by atoms with Gasteiger partial charge in [0.2, 0.25) is 0 Å². The molecule has 25 heteroatoms. The Bertz CT molecular complexity index is 5830. The Hall–Kier alpha value is -9.89. The second-order valence-corrected chi connectivity index (χ2v) is 34.2. The number of fused-ring (bicyclic) bond motifs is 20. The number of hydrogen-bond acceptors (Lipinski definition) is 18. The van der Waals surface area contributed by atoms with Crippen molar-refractivity contribution in [1.82, 2.24) is 0 Å². The van der Waals surface area contributed by atoms with Gasteiger partial charge in [-0.25, -0.2) is 14.4 Å². The summed E-state index contributed by atoms with van der Waals surface area (Å²) in [6.07, 6.45) is 6.26. The number of carbonyl (C=O) groups excluding carboxylic acids is 6. The second kappa shape index (κ2) is 30.6. The zero-order chi connectivity index (χ0) is 83.1. The van der Waals surface area contributed by atoms with E-state index in [1.807, 2.05) is 127 Å². The van der Waals surface area contributed by atoms with E-state index in [1.165, 1.54) is 24.3 Å². The number of allylic oxidation sites excluding steroid dienone is 3. The molecule has 0 aromatic heterocycles. The highest BCUT2D eigenvalue weighted by Crippen LogP contribution is 2.65. The Kier molecular flexibility index (Phi) is 21.4. The highest BCUT2D eigenvalue weighted by Gasteiger charge is 2.64. The number of carbonyl (C=O) groups is 6. The van der Waals surface area contributed by atoms with E-state index in [0.29, 0.717) is 96.5 Å². The summed E-state index contributed by atoms with van der Waals surface area (Å²) < 4.78 is 38.3. The van der Waals surface area contributed by atoms with Crippen LogP contribution in [-0.4, -0.2) is 84.2 Å². The Morgan fingerprint density at radius 3 is 1.39 bits per heavy atom. The van der Waals surface area contributed by atoms with Crippen LogP contribution in [0.5, 0.6) is 34.5 Å². The molecule has 6 N–H and O–H groups in total. The maximum atomic E-state index is 13.5. The molecule has 0 saturated carbocycles. The van der Waals surface area contributed by atoms with Crippen LogP contribution in [0, 0.1) is 56.3 Å². The number of phenols is 3. The van der Waals surface area contributed by atoms with Gasteiger partial charge in [-0.15, -0.1) is 0 Å². The molecule has 598 valence electrons. The number of aliphatic hydroxyl groups excluding tert-OH is 3. The molecule has 0 fully saturated rings. The quantitative estimate of drug-likeness (QED) is 0.0462. The summed E-state index contributed by atoms with van der Waals surface area (Å²) in [5.74, 6) is -3.06. The summed E-state index contributed by atoms with van der Waals surface area (Å²) in [5.41, 5.74) is 4.05. The van der Waals surface area contributed by atoms with Crippen LogP contribution in [0.4, 0.5) is 0 Å². The molecule has 17 rings (SSSR count). The highest BCUT2D eigenvalue weighted by molar-refractivity contribution is 6.43. The van der Waals surface area contributed by atoms with Crippen molar-refractivity contribution in [1.29, 1.82) is 0 Å². The maximum absolute atomic E-state index is 13.5. The van der Waals surface area contributed by atoms with E-state index < -0.39 is 70.8 Å². The zero-order valence-corrected chi connectivity index (χ0v) is 69.2. The summed E-state index contributed by atoms with van der Waals surface area (Å²) in [5, 5.41) is 67.8. The number of esters is 3. The molecular formula is C91H77Cl7O18. The van der Waals surface area contributed by atoms with Gasteiger partial charge < -0.3 is 59.1 Å². The molecular weight excluding hydrogens is 1630 g/mol. The molecule has 9 aliphatic rings. The van der Waals surface area contributed by atoms with Crippen LogP contribution in [0.1, 0.15) is 167 Å². The molecule has 116 heavy (non-hydrogen) atoms. The topological polar surface area (TPSA) is 279 Å². The van der Waals surface area contributed by atoms with E-state index in [1.54, 1.807) is 50.3 Å². The first-order valence-corrected chi connectivity index (χ1v) is 40.5. The molecule has 8 aromatic rings. The Morgan fingerprint density at radius 2 is 0.862 bits per heavy atom. The van der Waals surface area contributed by atoms with Crippen molar-refractivity contribution >= 4 is 133 Å². The van der Waals surface area contributed by atoms with E-state index >= 15 is 0 Å². The molecule has 0 saturated heterocycles. The van der Waals surface area contributed by atoms with Gasteiger partial charge in [0.25, 0.3) is 0 Å². The van der Waals surface area contributed by atoms with Crippen LogP contribution >= 0.6 is 81.2 Å². The van der Waals surface area contributed by atoms with Gasteiger partial charge >= 0.3 is 17.9 Å². The number of benzene rings is 8. The number of aliphatic hydroxyl groups is 3. The lowest BCUT2D eigenvalue weighted by Gasteiger charge is -2.48. The van der Waals surface area contributed by atoms with Gasteiger partial charge in [0.15, 0.2) is 16.8 Å². The minimum Gasteiger partial charge on any atom is -0.508 e. The summed E-state index contributed by atoms with van der Waals surface area (Å²) in [4.78, 5) is 77.3. The summed E-state index contributed by atoms with van der Waals surface area (Å²) >= 11 is 45.1. The lowest BCUT2D eigenvalue weighted by Crippen LogP contribution is -2.50. The number of Topliss-reactive ketones (excluding diaryl/α,β-unsaturated/α-hetero) is 3. The van der Waals surface area contributed by atoms with Gasteiger partial charge in [-0.3, -0.25) is 14.4 Å². The third kappa shape index (κ3) is 13.2. The SMILES string of the molecule is Cc1c(O)c(Cl)cc2c1OC1C(Cl)=C(O)C(CCC(=O)C(C)C)=CC1C21OC(=O)c2cc(Cl)c(Cl)cc21.Cc1c(O)c(Cl)cc2c1OC1C(c3ccccc3)=C(O)C(CCC(=O)C(C)C)=CC1C21OC(=O)c2cc(Cl)c(Cl)cc21.Cc1cc2c3c(ccc2cc1O)C1(OC(=O)c2ccccc21)C1C=C(CCC(=O)C(C)C)C(O)=CC1O3. The fourth-order valence-electron chi connectivity index (χ4n) is 17.3. The molecule has 3 aliphatic carbocycles. The Balaban J connectivity index is 0.000000137. The molecule has 0 amide bonds. The summed E-state index contributed by atoms with van der Waals surface area (Å²) in [6, 6.07) is 33.1. The fourth-order valence-corrected chi connectivity index (χ4v) is 18.8. The molecule has 8 aromatic carbocycles. The summed E-state index contributed by atoms with van der Waals surface area (Å²) in [7, 11) is 0. The number of halogens is 7. The van der Waals surface area contributed by atoms with Crippen LogP contribution in [0.25, 0.3) is 16.3 Å². The largest absolute Gasteiger partial charge is 0.508 e. The van der Waals surface area contributed by atoms with Crippen molar-refractivity contribution in [3.05, 3.63) is 281 Å². The smallest absolute Gasteiger partial charge is 0.339 e. The monoisotopic (exact) mass is 1700 g/mol. The number of ether oxygens (including phenoxy) is 6. The first kappa shape index (κ1) is 81.3. The van der Waals surface area contributed by atoms with Crippen molar-refractivity contribution in [2.75, 3.05) is 0 Å². The van der Waals surface area contributed by atoms with Crippen LogP contribution in [0.2, 0.25) is 30.1 Å². The minimum atomic E-state index is -1.52. The Labute approximate surface area is 702 Å². The predicted octanol–water partition coefficient (Wildman–Crippen LogP) is 21.8. The molecule has 0 bridgehead atoms. The third-order valence-electron chi connectivity index (χ3n) is 23.5. The van der Waals surface area contributed by atoms with Crippen molar-refractivity contribution in [2.24, 2.45) is 35.5 Å². The van der Waals surface area contributed by atoms with Crippen molar-refractivity contribution in [2.45, 2.75) is 136 Å². The first-order valence-electron chi connectivity index (χ1n) is 37.8. The lowest BCUT2D eigenvalue weighted by molar-refractivity contribution is -0.122. The minimum absolute atomic E-state index is 0.00729. The number of aryl methyl sites for hydroxylation is 1. The van der Waals surface area contributed by atoms with E-state index in [2.05, 4.69) is 0 Å². The Morgan fingerprint density at radius 1 is 0.422 bits per heavy atom. The van der Waals surface area contributed by atoms with Crippen LogP contribution in [0.15, 0.2) is 179 Å². The van der Waals surface area contributed by atoms with E-state index in [-0.39, 0.29) is 153 Å². The molecule has 6 heterocycles. The fraction of sp³-hybridized carbons (Fsp3) is 0.297. The number of aromatic hydroxyl groups is 3. The van der Waals surface area contributed by atoms with E-state index in [4.69, 9.17) is 110 Å². The standard InChI is InChI=1S/C33H27Cl3O6.C31H28O6.C27H22Cl4O6/c1-15(2)26(37)10-9-18-11-21-31(27(29(18)39)17-7-5-4-6-8-17)41-30-16(3)28(38)25(36)14-22(30)33(21)20-13-24(35)23(34)12-19(20)32(40)42-33;1-16(2)25(32)11-9-19-13-24-28(15-27(19)34)36-29-21-12-17(3)26(33)14-18(21)8-10-23(29)31(24)22-7-5-4-6-20(22)30(35)37-31;1-10(2)20(32)5-4-12-6-15-25(21(31)23(12)34)36-24-11(3)22(33)19(30)9-16(24)27(15)14-8-18(29)17(28)7-13(14)26(35)37-27/h4-8,11-15,21,31,38-39H,9-10H2,1-3H3;4-8,10,12-16,24,28,33-34H,9,11H2,1-3H3;6-10,15,25,33-34H,4-5H2,1-3H3. The molecule has 9 unspecified atom stereocenters. The maximum Gasteiger partial charge on any atom is 0.339 e. The average molecular weight is 1710 g/mol. The number of rotatable bonds is 13. The van der Waals surface area contributed by atoms with Gasteiger partial charge in [0.05, 0.1) is 64.6 Å². The van der Waals surface area contributed by atoms with Gasteiger partial charge in [-0.05, 0) is 134 Å². The van der Waals surface area contributed by atoms with Crippen LogP contribution < -0.4 is 14.2 Å². The van der Waals surface area contributed by atoms with Gasteiger partial charge in [0, 0.05) is 92.5 Å². The molecule has 6 aliphatic heterocycles. The third-order valence-corrected chi connectivity index (χ3v) is 26.0. The summed E-state index contributed by atoms with van der Waals surface area (Å²) in [6.45, 7) is 16.1. The molecule has 0 radical (unpaired) electrons.